The average molecular weight is 302 g/mol. The quantitative estimate of drug-likeness (QED) is 0.510. The molecule has 0 fully saturated rings. The van der Waals surface area contributed by atoms with Crippen molar-refractivity contribution >= 4 is 12.6 Å². The summed E-state index contributed by atoms with van der Waals surface area (Å²) in [5, 5.41) is 27.8. The van der Waals surface area contributed by atoms with Crippen molar-refractivity contribution in [2.75, 3.05) is 13.7 Å². The number of hydrogen-bond donors (Lipinski definition) is 4. The molecule has 0 saturated carbocycles. The Labute approximate surface area is 124 Å². The lowest BCUT2D eigenvalue weighted by molar-refractivity contribution is -0.0138. The van der Waals surface area contributed by atoms with Crippen molar-refractivity contribution in [2.45, 2.75) is 43.3 Å². The fourth-order valence-corrected chi connectivity index (χ4v) is 2.09. The average Bonchev–Trinajstić information content (AvgIpc) is 2.47. The Bertz CT molecular complexity index is 408. The second kappa shape index (κ2) is 8.53. The molecule has 1 aromatic rings. The fourth-order valence-electron chi connectivity index (χ4n) is 1.82. The van der Waals surface area contributed by atoms with Crippen LogP contribution in [-0.4, -0.2) is 56.5 Å². The van der Waals surface area contributed by atoms with E-state index in [1.165, 1.54) is 6.20 Å². The molecular formula is C13H22N2O4S. The maximum Gasteiger partial charge on any atom is 0.112 e. The number of ether oxygens (including phenoxy) is 1. The van der Waals surface area contributed by atoms with Gasteiger partial charge in [0.1, 0.15) is 12.2 Å². The molecule has 0 saturated heterocycles. The number of methoxy groups -OCH3 is 1. The standard InChI is InChI=1S/C13H22N2O4S/c1-3-12(20)13(19-2)9-6-14-5-8(15-9)4-10(17)11(18)7-16/h5-6,10-13,16-18,20H,3-4,7H2,1-2H3. The number of aliphatic hydroxyl groups excluding tert-OH is 3. The third-order valence-corrected chi connectivity index (χ3v) is 3.70. The molecule has 114 valence electrons. The predicted molar refractivity (Wildman–Crippen MR) is 77.7 cm³/mol. The van der Waals surface area contributed by atoms with E-state index in [9.17, 15) is 10.2 Å². The van der Waals surface area contributed by atoms with E-state index in [0.29, 0.717) is 11.4 Å². The molecule has 0 amide bonds. The molecule has 4 atom stereocenters. The van der Waals surface area contributed by atoms with Gasteiger partial charge in [-0.25, -0.2) is 0 Å². The maximum absolute atomic E-state index is 9.69. The van der Waals surface area contributed by atoms with Gasteiger partial charge in [-0.2, -0.15) is 12.6 Å². The van der Waals surface area contributed by atoms with E-state index in [0.717, 1.165) is 6.42 Å². The van der Waals surface area contributed by atoms with E-state index in [4.69, 9.17) is 9.84 Å². The van der Waals surface area contributed by atoms with Crippen LogP contribution in [0.3, 0.4) is 0 Å². The van der Waals surface area contributed by atoms with E-state index >= 15 is 0 Å². The number of aliphatic hydroxyl groups is 3. The summed E-state index contributed by atoms with van der Waals surface area (Å²) in [5.41, 5.74) is 1.17. The van der Waals surface area contributed by atoms with Crippen molar-refractivity contribution in [3.05, 3.63) is 23.8 Å². The second-order valence-corrected chi connectivity index (χ2v) is 5.25. The normalized spacial score (nSPS) is 17.5. The summed E-state index contributed by atoms with van der Waals surface area (Å²) in [7, 11) is 1.59. The highest BCUT2D eigenvalue weighted by atomic mass is 32.1. The van der Waals surface area contributed by atoms with Crippen LogP contribution in [0.2, 0.25) is 0 Å². The van der Waals surface area contributed by atoms with Gasteiger partial charge in [0.05, 0.1) is 30.3 Å². The smallest absolute Gasteiger partial charge is 0.112 e. The van der Waals surface area contributed by atoms with Crippen molar-refractivity contribution in [1.82, 2.24) is 9.97 Å². The van der Waals surface area contributed by atoms with Crippen LogP contribution in [0, 0.1) is 0 Å². The molecule has 0 radical (unpaired) electrons. The summed E-state index contributed by atoms with van der Waals surface area (Å²) in [6.07, 6.45) is 1.50. The van der Waals surface area contributed by atoms with Gasteiger partial charge in [-0.15, -0.1) is 0 Å². The van der Waals surface area contributed by atoms with Crippen LogP contribution in [-0.2, 0) is 11.2 Å². The van der Waals surface area contributed by atoms with Gasteiger partial charge >= 0.3 is 0 Å². The highest BCUT2D eigenvalue weighted by Gasteiger charge is 2.22. The molecule has 0 aromatic carbocycles. The van der Waals surface area contributed by atoms with Gasteiger partial charge in [0.25, 0.3) is 0 Å². The minimum Gasteiger partial charge on any atom is -0.394 e. The Balaban J connectivity index is 2.84. The highest BCUT2D eigenvalue weighted by Crippen LogP contribution is 2.24. The van der Waals surface area contributed by atoms with Gasteiger partial charge in [-0.05, 0) is 6.42 Å². The van der Waals surface area contributed by atoms with Crippen molar-refractivity contribution < 1.29 is 20.1 Å². The molecule has 0 aliphatic carbocycles. The molecule has 0 bridgehead atoms. The molecule has 7 heteroatoms. The minimum absolute atomic E-state index is 0.00231. The molecule has 4 unspecified atom stereocenters. The number of thiol groups is 1. The van der Waals surface area contributed by atoms with E-state index in [1.54, 1.807) is 13.3 Å². The third-order valence-electron chi connectivity index (χ3n) is 3.07. The fraction of sp³-hybridized carbons (Fsp3) is 0.692. The molecule has 20 heavy (non-hydrogen) atoms. The number of aromatic nitrogens is 2. The third kappa shape index (κ3) is 4.68. The summed E-state index contributed by atoms with van der Waals surface area (Å²) in [5.74, 6) is 0. The lowest BCUT2D eigenvalue weighted by atomic mass is 10.1. The summed E-state index contributed by atoms with van der Waals surface area (Å²) in [4.78, 5) is 8.46. The van der Waals surface area contributed by atoms with Crippen LogP contribution >= 0.6 is 12.6 Å². The molecule has 1 heterocycles. The van der Waals surface area contributed by atoms with Crippen molar-refractivity contribution in [3.63, 3.8) is 0 Å². The summed E-state index contributed by atoms with van der Waals surface area (Å²) < 4.78 is 5.39. The van der Waals surface area contributed by atoms with E-state index < -0.39 is 18.8 Å². The van der Waals surface area contributed by atoms with Crippen molar-refractivity contribution in [2.24, 2.45) is 0 Å². The Morgan fingerprint density at radius 2 is 2.00 bits per heavy atom. The van der Waals surface area contributed by atoms with Crippen molar-refractivity contribution in [3.8, 4) is 0 Å². The van der Waals surface area contributed by atoms with E-state index in [2.05, 4.69) is 22.6 Å². The summed E-state index contributed by atoms with van der Waals surface area (Å²) in [6.45, 7) is 1.51. The van der Waals surface area contributed by atoms with Gasteiger partial charge in [0.2, 0.25) is 0 Å². The Kier molecular flexibility index (Phi) is 7.39. The van der Waals surface area contributed by atoms with Crippen LogP contribution < -0.4 is 0 Å². The number of hydrogen-bond acceptors (Lipinski definition) is 7. The van der Waals surface area contributed by atoms with Crippen LogP contribution in [0.4, 0.5) is 0 Å². The van der Waals surface area contributed by atoms with Crippen LogP contribution in [0.1, 0.15) is 30.8 Å². The zero-order valence-electron chi connectivity index (χ0n) is 11.7. The molecule has 6 nitrogen and oxygen atoms in total. The largest absolute Gasteiger partial charge is 0.394 e. The van der Waals surface area contributed by atoms with Crippen LogP contribution in [0.5, 0.6) is 0 Å². The first kappa shape index (κ1) is 17.3. The van der Waals surface area contributed by atoms with Crippen LogP contribution in [0.15, 0.2) is 12.4 Å². The van der Waals surface area contributed by atoms with Gasteiger partial charge in [-0.1, -0.05) is 6.92 Å². The molecule has 1 aromatic heterocycles. The first-order chi connectivity index (χ1) is 9.53. The molecular weight excluding hydrogens is 280 g/mol. The highest BCUT2D eigenvalue weighted by molar-refractivity contribution is 7.81. The van der Waals surface area contributed by atoms with Gasteiger partial charge in [0, 0.05) is 25.0 Å². The van der Waals surface area contributed by atoms with E-state index in [-0.39, 0.29) is 17.8 Å². The first-order valence-corrected chi connectivity index (χ1v) is 7.03. The maximum atomic E-state index is 9.69. The molecule has 3 N–H and O–H groups in total. The lowest BCUT2D eigenvalue weighted by Gasteiger charge is -2.21. The zero-order chi connectivity index (χ0) is 15.1. The number of rotatable bonds is 8. The van der Waals surface area contributed by atoms with Crippen molar-refractivity contribution in [1.29, 1.82) is 0 Å². The predicted octanol–water partition coefficient (Wildman–Crippen LogP) is 0.129. The van der Waals surface area contributed by atoms with Gasteiger partial charge in [-0.3, -0.25) is 9.97 Å². The Morgan fingerprint density at radius 1 is 1.30 bits per heavy atom. The molecule has 1 rings (SSSR count). The Morgan fingerprint density at radius 3 is 2.55 bits per heavy atom. The topological polar surface area (TPSA) is 95.7 Å². The minimum atomic E-state index is -1.19. The monoisotopic (exact) mass is 302 g/mol. The first-order valence-electron chi connectivity index (χ1n) is 6.52. The SMILES string of the molecule is CCC(S)C(OC)c1cncc(CC(O)C(O)CO)n1. The Hall–Kier alpha value is -0.730. The molecule has 0 aliphatic heterocycles. The van der Waals surface area contributed by atoms with Crippen LogP contribution in [0.25, 0.3) is 0 Å². The zero-order valence-corrected chi connectivity index (χ0v) is 12.6. The van der Waals surface area contributed by atoms with Gasteiger partial charge in [0.15, 0.2) is 0 Å². The second-order valence-electron chi connectivity index (χ2n) is 4.59. The lowest BCUT2D eigenvalue weighted by Crippen LogP contribution is -2.31. The number of nitrogens with zero attached hydrogens (tertiary/aromatic N) is 2. The summed E-state index contributed by atoms with van der Waals surface area (Å²) >= 11 is 4.45. The molecule has 0 aliphatic rings. The van der Waals surface area contributed by atoms with E-state index in [1.807, 2.05) is 6.92 Å². The molecule has 0 spiro atoms. The summed E-state index contributed by atoms with van der Waals surface area (Å²) in [6, 6.07) is 0. The van der Waals surface area contributed by atoms with Gasteiger partial charge < -0.3 is 20.1 Å².